The van der Waals surface area contributed by atoms with Gasteiger partial charge in [0.15, 0.2) is 0 Å². The van der Waals surface area contributed by atoms with Crippen LogP contribution in [-0.2, 0) is 11.3 Å². The number of nitro groups is 1. The maximum Gasteiger partial charge on any atom is 0.269 e. The van der Waals surface area contributed by atoms with Crippen molar-refractivity contribution in [1.82, 2.24) is 4.90 Å². The normalized spacial score (nSPS) is 18.4. The number of hydrogen-bond acceptors (Lipinski definition) is 6. The van der Waals surface area contributed by atoms with Gasteiger partial charge >= 0.3 is 0 Å². The molecular weight excluding hydrogens is 260 g/mol. The molecule has 0 bridgehead atoms. The van der Waals surface area contributed by atoms with E-state index in [1.54, 1.807) is 12.1 Å². The Morgan fingerprint density at radius 1 is 1.60 bits per heavy atom. The highest BCUT2D eigenvalue weighted by Crippen LogP contribution is 2.23. The molecule has 2 rings (SSSR count). The molecule has 1 fully saturated rings. The van der Waals surface area contributed by atoms with Gasteiger partial charge in [0.05, 0.1) is 16.7 Å². The van der Waals surface area contributed by atoms with Crippen LogP contribution < -0.4 is 11.3 Å². The standard InChI is InChI=1S/C13H20N4O3/c1-16(9-12-3-2-6-20-12)8-10-7-11(17(18)19)4-5-13(10)15-14/h4-5,7,12,15H,2-3,6,8-9,14H2,1H3. The van der Waals surface area contributed by atoms with Crippen molar-refractivity contribution in [2.24, 2.45) is 5.84 Å². The zero-order valence-electron chi connectivity index (χ0n) is 11.5. The van der Waals surface area contributed by atoms with Crippen molar-refractivity contribution < 1.29 is 9.66 Å². The first-order chi connectivity index (χ1) is 9.60. The van der Waals surface area contributed by atoms with Gasteiger partial charge in [0, 0.05) is 31.8 Å². The van der Waals surface area contributed by atoms with Crippen LogP contribution in [0, 0.1) is 10.1 Å². The molecule has 0 spiro atoms. The monoisotopic (exact) mass is 280 g/mol. The van der Waals surface area contributed by atoms with E-state index in [1.807, 2.05) is 7.05 Å². The first kappa shape index (κ1) is 14.7. The zero-order chi connectivity index (χ0) is 14.5. The summed E-state index contributed by atoms with van der Waals surface area (Å²) < 4.78 is 5.59. The highest BCUT2D eigenvalue weighted by molar-refractivity contribution is 5.55. The summed E-state index contributed by atoms with van der Waals surface area (Å²) in [6.07, 6.45) is 2.43. The predicted octanol–water partition coefficient (Wildman–Crippen LogP) is 1.49. The van der Waals surface area contributed by atoms with E-state index in [9.17, 15) is 10.1 Å². The molecule has 0 saturated carbocycles. The number of hydrogen-bond donors (Lipinski definition) is 2. The van der Waals surface area contributed by atoms with Crippen molar-refractivity contribution in [2.45, 2.75) is 25.5 Å². The average molecular weight is 280 g/mol. The summed E-state index contributed by atoms with van der Waals surface area (Å²) in [5.41, 5.74) is 4.16. The third kappa shape index (κ3) is 3.66. The first-order valence-corrected chi connectivity index (χ1v) is 6.64. The Morgan fingerprint density at radius 3 is 3.00 bits per heavy atom. The number of nitrogens with two attached hydrogens (primary N) is 1. The van der Waals surface area contributed by atoms with Crippen molar-refractivity contribution in [3.63, 3.8) is 0 Å². The largest absolute Gasteiger partial charge is 0.377 e. The Kier molecular flexibility index (Phi) is 4.89. The fourth-order valence-corrected chi connectivity index (χ4v) is 2.46. The molecule has 0 amide bonds. The molecule has 1 aliphatic heterocycles. The van der Waals surface area contributed by atoms with E-state index >= 15 is 0 Å². The lowest BCUT2D eigenvalue weighted by molar-refractivity contribution is -0.384. The summed E-state index contributed by atoms with van der Waals surface area (Å²) in [6, 6.07) is 4.63. The summed E-state index contributed by atoms with van der Waals surface area (Å²) in [6.45, 7) is 2.22. The minimum Gasteiger partial charge on any atom is -0.377 e. The molecule has 1 aromatic carbocycles. The van der Waals surface area contributed by atoms with E-state index in [4.69, 9.17) is 10.6 Å². The third-order valence-corrected chi connectivity index (χ3v) is 3.43. The topological polar surface area (TPSA) is 93.7 Å². The second-order valence-corrected chi connectivity index (χ2v) is 5.07. The van der Waals surface area contributed by atoms with Gasteiger partial charge in [-0.15, -0.1) is 0 Å². The van der Waals surface area contributed by atoms with Crippen molar-refractivity contribution in [2.75, 3.05) is 25.6 Å². The van der Waals surface area contributed by atoms with Crippen molar-refractivity contribution in [3.05, 3.63) is 33.9 Å². The van der Waals surface area contributed by atoms with Crippen LogP contribution in [0.25, 0.3) is 0 Å². The van der Waals surface area contributed by atoms with Crippen LogP contribution in [-0.4, -0.2) is 36.1 Å². The lowest BCUT2D eigenvalue weighted by Gasteiger charge is -2.21. The van der Waals surface area contributed by atoms with Crippen molar-refractivity contribution in [1.29, 1.82) is 0 Å². The van der Waals surface area contributed by atoms with Crippen molar-refractivity contribution in [3.8, 4) is 0 Å². The summed E-state index contributed by atoms with van der Waals surface area (Å²) in [5.74, 6) is 5.45. The second kappa shape index (κ2) is 6.65. The van der Waals surface area contributed by atoms with Gasteiger partial charge in [-0.2, -0.15) is 0 Å². The van der Waals surface area contributed by atoms with E-state index in [0.717, 1.165) is 31.6 Å². The van der Waals surface area contributed by atoms with E-state index in [0.29, 0.717) is 12.2 Å². The summed E-state index contributed by atoms with van der Waals surface area (Å²) in [7, 11) is 1.97. The Morgan fingerprint density at radius 2 is 2.40 bits per heavy atom. The van der Waals surface area contributed by atoms with Gasteiger partial charge in [0.25, 0.3) is 5.69 Å². The predicted molar refractivity (Wildman–Crippen MR) is 76.2 cm³/mol. The molecule has 20 heavy (non-hydrogen) atoms. The Hall–Kier alpha value is -1.70. The number of non-ortho nitro benzene ring substituents is 1. The number of nitrogen functional groups attached to an aromatic ring is 1. The summed E-state index contributed by atoms with van der Waals surface area (Å²) >= 11 is 0. The fourth-order valence-electron chi connectivity index (χ4n) is 2.46. The number of anilines is 1. The van der Waals surface area contributed by atoms with Crippen LogP contribution >= 0.6 is 0 Å². The fraction of sp³-hybridized carbons (Fsp3) is 0.538. The Balaban J connectivity index is 2.05. The SMILES string of the molecule is CN(Cc1cc([N+](=O)[O-])ccc1NN)CC1CCCO1. The molecule has 110 valence electrons. The maximum atomic E-state index is 10.8. The van der Waals surface area contributed by atoms with E-state index in [-0.39, 0.29) is 11.8 Å². The second-order valence-electron chi connectivity index (χ2n) is 5.07. The first-order valence-electron chi connectivity index (χ1n) is 6.64. The lowest BCUT2D eigenvalue weighted by Crippen LogP contribution is -2.28. The molecule has 3 N–H and O–H groups in total. The number of benzene rings is 1. The molecule has 1 heterocycles. The average Bonchev–Trinajstić information content (AvgIpc) is 2.91. The number of likely N-dealkylation sites (N-methyl/N-ethyl adjacent to an activating group) is 1. The highest BCUT2D eigenvalue weighted by atomic mass is 16.6. The molecule has 1 atom stereocenters. The highest BCUT2D eigenvalue weighted by Gasteiger charge is 2.18. The van der Waals surface area contributed by atoms with Gasteiger partial charge in [-0.25, -0.2) is 0 Å². The van der Waals surface area contributed by atoms with Crippen LogP contribution in [0.15, 0.2) is 18.2 Å². The number of nitrogens with zero attached hydrogens (tertiary/aromatic N) is 2. The maximum absolute atomic E-state index is 10.8. The van der Waals surface area contributed by atoms with Gasteiger partial charge in [0.1, 0.15) is 0 Å². The number of rotatable bonds is 6. The molecule has 0 radical (unpaired) electrons. The number of nitro benzene ring substituents is 1. The minimum atomic E-state index is -0.399. The summed E-state index contributed by atoms with van der Waals surface area (Å²) in [5, 5.41) is 10.8. The molecule has 1 unspecified atom stereocenters. The van der Waals surface area contributed by atoms with Crippen LogP contribution in [0.2, 0.25) is 0 Å². The minimum absolute atomic E-state index is 0.0736. The van der Waals surface area contributed by atoms with E-state index in [1.165, 1.54) is 6.07 Å². The van der Waals surface area contributed by atoms with E-state index < -0.39 is 4.92 Å². The van der Waals surface area contributed by atoms with Gasteiger partial charge in [-0.1, -0.05) is 0 Å². The van der Waals surface area contributed by atoms with Crippen LogP contribution in [0.4, 0.5) is 11.4 Å². The quantitative estimate of drug-likeness (QED) is 0.466. The lowest BCUT2D eigenvalue weighted by atomic mass is 10.1. The number of ether oxygens (including phenoxy) is 1. The molecule has 7 heteroatoms. The van der Waals surface area contributed by atoms with Crippen LogP contribution in [0.3, 0.4) is 0 Å². The summed E-state index contributed by atoms with van der Waals surface area (Å²) in [4.78, 5) is 12.5. The number of nitrogens with one attached hydrogen (secondary N) is 1. The smallest absolute Gasteiger partial charge is 0.269 e. The van der Waals surface area contributed by atoms with E-state index in [2.05, 4.69) is 10.3 Å². The molecule has 0 aromatic heterocycles. The zero-order valence-corrected chi connectivity index (χ0v) is 11.5. The molecule has 1 aromatic rings. The molecule has 1 aliphatic rings. The Bertz CT molecular complexity index is 475. The van der Waals surface area contributed by atoms with Gasteiger partial charge in [0.2, 0.25) is 0 Å². The van der Waals surface area contributed by atoms with Crippen molar-refractivity contribution >= 4 is 11.4 Å². The van der Waals surface area contributed by atoms with Gasteiger partial charge in [-0.3, -0.25) is 20.9 Å². The molecule has 7 nitrogen and oxygen atoms in total. The Labute approximate surface area is 117 Å². The molecule has 1 saturated heterocycles. The molecule has 0 aliphatic carbocycles. The molecular formula is C13H20N4O3. The van der Waals surface area contributed by atoms with Crippen LogP contribution in [0.5, 0.6) is 0 Å². The van der Waals surface area contributed by atoms with Gasteiger partial charge < -0.3 is 10.2 Å². The third-order valence-electron chi connectivity index (χ3n) is 3.43. The number of hydrazine groups is 1. The van der Waals surface area contributed by atoms with Gasteiger partial charge in [-0.05, 0) is 31.5 Å². The van der Waals surface area contributed by atoms with Crippen LogP contribution in [0.1, 0.15) is 18.4 Å².